The zero-order valence-electron chi connectivity index (χ0n) is 10.6. The number of hydrogen-bond donors (Lipinski definition) is 0. The van der Waals surface area contributed by atoms with E-state index in [1.54, 1.807) is 25.6 Å². The summed E-state index contributed by atoms with van der Waals surface area (Å²) in [7, 11) is 3.25. The average Bonchev–Trinajstić information content (AvgIpc) is 2.83. The number of alkyl halides is 1. The molecule has 0 amide bonds. The minimum absolute atomic E-state index is 0.150. The van der Waals surface area contributed by atoms with Gasteiger partial charge in [-0.25, -0.2) is 0 Å². The van der Waals surface area contributed by atoms with E-state index < -0.39 is 0 Å². The maximum Gasteiger partial charge on any atom is 0.161 e. The van der Waals surface area contributed by atoms with Gasteiger partial charge in [-0.1, -0.05) is 6.07 Å². The lowest BCUT2D eigenvalue weighted by molar-refractivity contribution is 0.354. The summed E-state index contributed by atoms with van der Waals surface area (Å²) in [5.74, 6) is 1.42. The van der Waals surface area contributed by atoms with Gasteiger partial charge in [-0.3, -0.25) is 0 Å². The molecule has 1 unspecified atom stereocenters. The quantitative estimate of drug-likeness (QED) is 0.774. The normalized spacial score (nSPS) is 12.2. The zero-order chi connectivity index (χ0) is 13.1. The topological polar surface area (TPSA) is 18.5 Å². The first-order valence-corrected chi connectivity index (χ1v) is 6.83. The van der Waals surface area contributed by atoms with E-state index in [0.29, 0.717) is 11.5 Å². The van der Waals surface area contributed by atoms with Crippen LogP contribution in [0.3, 0.4) is 0 Å². The van der Waals surface area contributed by atoms with E-state index in [-0.39, 0.29) is 5.38 Å². The van der Waals surface area contributed by atoms with Gasteiger partial charge in [0, 0.05) is 9.75 Å². The van der Waals surface area contributed by atoms with Gasteiger partial charge in [0.1, 0.15) is 0 Å². The molecule has 0 N–H and O–H groups in total. The molecular weight excluding hydrogens is 268 g/mol. The van der Waals surface area contributed by atoms with Crippen LogP contribution >= 0.6 is 22.9 Å². The van der Waals surface area contributed by atoms with Gasteiger partial charge in [-0.2, -0.15) is 0 Å². The van der Waals surface area contributed by atoms with Crippen molar-refractivity contribution >= 4 is 22.9 Å². The smallest absolute Gasteiger partial charge is 0.161 e. The van der Waals surface area contributed by atoms with Gasteiger partial charge in [-0.05, 0) is 36.8 Å². The molecule has 18 heavy (non-hydrogen) atoms. The van der Waals surface area contributed by atoms with Crippen LogP contribution < -0.4 is 9.47 Å². The van der Waals surface area contributed by atoms with Crippen LogP contribution in [0.5, 0.6) is 11.5 Å². The highest BCUT2D eigenvalue weighted by Gasteiger charge is 2.15. The number of hydrogen-bond acceptors (Lipinski definition) is 3. The van der Waals surface area contributed by atoms with Crippen molar-refractivity contribution in [2.75, 3.05) is 14.2 Å². The van der Waals surface area contributed by atoms with Crippen LogP contribution in [0.25, 0.3) is 0 Å². The fraction of sp³-hybridized carbons (Fsp3) is 0.286. The van der Waals surface area contributed by atoms with Crippen LogP contribution in [0.15, 0.2) is 30.3 Å². The molecule has 1 atom stereocenters. The number of rotatable bonds is 4. The van der Waals surface area contributed by atoms with Crippen molar-refractivity contribution in [3.05, 3.63) is 45.6 Å². The second-order valence-electron chi connectivity index (χ2n) is 3.93. The Morgan fingerprint density at radius 1 is 1.06 bits per heavy atom. The number of halogens is 1. The van der Waals surface area contributed by atoms with E-state index in [1.807, 2.05) is 18.2 Å². The summed E-state index contributed by atoms with van der Waals surface area (Å²) in [5, 5.41) is -0.150. The zero-order valence-corrected chi connectivity index (χ0v) is 12.1. The third-order valence-electron chi connectivity index (χ3n) is 2.71. The molecule has 1 aromatic heterocycles. The first kappa shape index (κ1) is 13.2. The number of thiophene rings is 1. The molecule has 0 spiro atoms. The van der Waals surface area contributed by atoms with Crippen molar-refractivity contribution in [1.29, 1.82) is 0 Å². The Balaban J connectivity index is 2.33. The molecule has 0 aliphatic rings. The molecule has 0 radical (unpaired) electrons. The van der Waals surface area contributed by atoms with Gasteiger partial charge in [-0.15, -0.1) is 22.9 Å². The summed E-state index contributed by atoms with van der Waals surface area (Å²) in [5.41, 5.74) is 1.01. The number of ether oxygens (including phenoxy) is 2. The predicted octanol–water partition coefficient (Wildman–Crippen LogP) is 4.40. The molecule has 96 valence electrons. The van der Waals surface area contributed by atoms with Gasteiger partial charge in [0.15, 0.2) is 11.5 Å². The van der Waals surface area contributed by atoms with Gasteiger partial charge < -0.3 is 9.47 Å². The second-order valence-corrected chi connectivity index (χ2v) is 5.68. The Kier molecular flexibility index (Phi) is 4.15. The van der Waals surface area contributed by atoms with Crippen molar-refractivity contribution in [3.8, 4) is 11.5 Å². The Labute approximate surface area is 116 Å². The Bertz CT molecular complexity index is 536. The standard InChI is InChI=1S/C14H15ClO2S/c1-9-4-7-13(18-9)14(15)10-5-6-11(16-2)12(8-10)17-3/h4-8,14H,1-3H3. The van der Waals surface area contributed by atoms with Crippen molar-refractivity contribution in [2.45, 2.75) is 12.3 Å². The maximum atomic E-state index is 6.48. The highest BCUT2D eigenvalue weighted by atomic mass is 35.5. The summed E-state index contributed by atoms with van der Waals surface area (Å²) in [6.07, 6.45) is 0. The van der Waals surface area contributed by atoms with Gasteiger partial charge >= 0.3 is 0 Å². The summed E-state index contributed by atoms with van der Waals surface area (Å²) in [4.78, 5) is 2.40. The fourth-order valence-corrected chi connectivity index (χ4v) is 2.99. The molecule has 2 rings (SSSR count). The monoisotopic (exact) mass is 282 g/mol. The lowest BCUT2D eigenvalue weighted by Crippen LogP contribution is -1.95. The molecule has 1 aromatic carbocycles. The molecule has 2 nitrogen and oxygen atoms in total. The minimum atomic E-state index is -0.150. The third-order valence-corrected chi connectivity index (χ3v) is 4.39. The van der Waals surface area contributed by atoms with E-state index >= 15 is 0 Å². The molecular formula is C14H15ClO2S. The summed E-state index contributed by atoms with van der Waals surface area (Å²) < 4.78 is 10.5. The van der Waals surface area contributed by atoms with Crippen LogP contribution in [-0.2, 0) is 0 Å². The molecule has 2 aromatic rings. The fourth-order valence-electron chi connectivity index (χ4n) is 1.76. The number of methoxy groups -OCH3 is 2. The van der Waals surface area contributed by atoms with Crippen molar-refractivity contribution in [3.63, 3.8) is 0 Å². The molecule has 0 saturated carbocycles. The van der Waals surface area contributed by atoms with Crippen molar-refractivity contribution in [1.82, 2.24) is 0 Å². The van der Waals surface area contributed by atoms with Crippen LogP contribution in [0.1, 0.15) is 20.7 Å². The Hall–Kier alpha value is -1.19. The molecule has 4 heteroatoms. The van der Waals surface area contributed by atoms with E-state index in [0.717, 1.165) is 10.4 Å². The maximum absolute atomic E-state index is 6.48. The predicted molar refractivity (Wildman–Crippen MR) is 76.3 cm³/mol. The second kappa shape index (κ2) is 5.63. The van der Waals surface area contributed by atoms with Gasteiger partial charge in [0.2, 0.25) is 0 Å². The van der Waals surface area contributed by atoms with Crippen LogP contribution in [-0.4, -0.2) is 14.2 Å². The molecule has 0 saturated heterocycles. The van der Waals surface area contributed by atoms with Gasteiger partial charge in [0.25, 0.3) is 0 Å². The Morgan fingerprint density at radius 3 is 2.33 bits per heavy atom. The first-order chi connectivity index (χ1) is 8.65. The molecule has 0 aliphatic carbocycles. The average molecular weight is 283 g/mol. The summed E-state index contributed by atoms with van der Waals surface area (Å²) in [6.45, 7) is 2.08. The number of aryl methyl sites for hydroxylation is 1. The van der Waals surface area contributed by atoms with Crippen LogP contribution in [0.2, 0.25) is 0 Å². The molecule has 0 fully saturated rings. The summed E-state index contributed by atoms with van der Waals surface area (Å²) >= 11 is 8.19. The van der Waals surface area contributed by atoms with E-state index in [1.165, 1.54) is 4.88 Å². The van der Waals surface area contributed by atoms with E-state index in [2.05, 4.69) is 19.1 Å². The number of benzene rings is 1. The minimum Gasteiger partial charge on any atom is -0.493 e. The highest BCUT2D eigenvalue weighted by molar-refractivity contribution is 7.12. The molecule has 0 bridgehead atoms. The lowest BCUT2D eigenvalue weighted by atomic mass is 10.1. The first-order valence-electron chi connectivity index (χ1n) is 5.58. The van der Waals surface area contributed by atoms with Crippen molar-refractivity contribution < 1.29 is 9.47 Å². The Morgan fingerprint density at radius 2 is 1.78 bits per heavy atom. The molecule has 1 heterocycles. The molecule has 0 aliphatic heterocycles. The highest BCUT2D eigenvalue weighted by Crippen LogP contribution is 2.37. The largest absolute Gasteiger partial charge is 0.493 e. The van der Waals surface area contributed by atoms with E-state index in [4.69, 9.17) is 21.1 Å². The van der Waals surface area contributed by atoms with Crippen molar-refractivity contribution in [2.24, 2.45) is 0 Å². The lowest BCUT2D eigenvalue weighted by Gasteiger charge is -2.12. The van der Waals surface area contributed by atoms with Gasteiger partial charge in [0.05, 0.1) is 19.6 Å². The summed E-state index contributed by atoms with van der Waals surface area (Å²) in [6, 6.07) is 9.91. The van der Waals surface area contributed by atoms with Crippen LogP contribution in [0, 0.1) is 6.92 Å². The SMILES string of the molecule is COc1ccc(C(Cl)c2ccc(C)s2)cc1OC. The van der Waals surface area contributed by atoms with Crippen LogP contribution in [0.4, 0.5) is 0 Å². The van der Waals surface area contributed by atoms with E-state index in [9.17, 15) is 0 Å². The third kappa shape index (κ3) is 2.62.